The summed E-state index contributed by atoms with van der Waals surface area (Å²) in [5, 5.41) is 8.45. The summed E-state index contributed by atoms with van der Waals surface area (Å²) in [5.41, 5.74) is 13.7. The van der Waals surface area contributed by atoms with Gasteiger partial charge in [-0.25, -0.2) is 20.1 Å². The number of hydrogen-bond donors (Lipinski definition) is 2. The lowest BCUT2D eigenvalue weighted by Crippen LogP contribution is -2.04. The molecule has 0 fully saturated rings. The van der Waals surface area contributed by atoms with Crippen LogP contribution in [0.15, 0.2) is 54.7 Å². The molecule has 0 bridgehead atoms. The molecule has 12 heteroatoms. The summed E-state index contributed by atoms with van der Waals surface area (Å²) in [6, 6.07) is 15.0. The Morgan fingerprint density at radius 3 is 2.67 bits per heavy atom. The van der Waals surface area contributed by atoms with Gasteiger partial charge < -0.3 is 10.5 Å². The number of benzene rings is 1. The molecule has 0 spiro atoms. The van der Waals surface area contributed by atoms with Gasteiger partial charge in [-0.15, -0.1) is 14.4 Å². The minimum Gasteiger partial charge on any atom is -0.378 e. The second-order valence-corrected chi connectivity index (χ2v) is 7.32. The predicted octanol–water partition coefficient (Wildman–Crippen LogP) is 3.13. The molecule has 0 aliphatic carbocycles. The van der Waals surface area contributed by atoms with Crippen LogP contribution >= 0.6 is 12.0 Å². The zero-order valence-corrected chi connectivity index (χ0v) is 18.8. The van der Waals surface area contributed by atoms with Crippen LogP contribution in [0.5, 0.6) is 0 Å². The molecule has 3 aromatic heterocycles. The second kappa shape index (κ2) is 10.8. The highest BCUT2D eigenvalue weighted by atomic mass is 32.2. The number of nitrogens with two attached hydrogens (primary N) is 1. The van der Waals surface area contributed by atoms with Crippen LogP contribution in [-0.2, 0) is 27.2 Å². The molecule has 0 saturated heterocycles. The number of nitrogen functional groups attached to an aromatic ring is 1. The van der Waals surface area contributed by atoms with Gasteiger partial charge in [0.2, 0.25) is 5.95 Å². The number of ether oxygens (including phenoxy) is 1. The molecule has 0 aliphatic heterocycles. The topological polar surface area (TPSA) is 135 Å². The Morgan fingerprint density at radius 1 is 1.00 bits per heavy atom. The Balaban J connectivity index is 1.55. The van der Waals surface area contributed by atoms with Crippen molar-refractivity contribution in [3.05, 3.63) is 66.1 Å². The summed E-state index contributed by atoms with van der Waals surface area (Å²) in [6.07, 6.45) is 3.54. The molecule has 33 heavy (non-hydrogen) atoms. The van der Waals surface area contributed by atoms with E-state index in [4.69, 9.17) is 19.8 Å². The highest BCUT2D eigenvalue weighted by molar-refractivity contribution is 7.93. The fraction of sp³-hybridized carbons (Fsp3) is 0.190. The Hall–Kier alpha value is -3.58. The summed E-state index contributed by atoms with van der Waals surface area (Å²) in [4.78, 5) is 18.1. The number of nitrogens with zero attached hydrogens (tertiary/aromatic N) is 6. The van der Waals surface area contributed by atoms with Gasteiger partial charge in [0.15, 0.2) is 0 Å². The van der Waals surface area contributed by atoms with Crippen molar-refractivity contribution in [2.75, 3.05) is 24.6 Å². The van der Waals surface area contributed by atoms with Gasteiger partial charge >= 0.3 is 0 Å². The smallest absolute Gasteiger partial charge is 0.221 e. The van der Waals surface area contributed by atoms with Crippen LogP contribution in [0.1, 0.15) is 11.4 Å². The van der Waals surface area contributed by atoms with Gasteiger partial charge in [0.1, 0.15) is 5.69 Å². The summed E-state index contributed by atoms with van der Waals surface area (Å²) < 4.78 is 11.6. The van der Waals surface area contributed by atoms with Crippen molar-refractivity contribution in [3.8, 4) is 22.6 Å². The summed E-state index contributed by atoms with van der Waals surface area (Å²) in [6.45, 7) is 0.913. The van der Waals surface area contributed by atoms with E-state index in [2.05, 4.69) is 30.7 Å². The second-order valence-electron chi connectivity index (χ2n) is 6.85. The van der Waals surface area contributed by atoms with Gasteiger partial charge in [-0.1, -0.05) is 23.4 Å². The van der Waals surface area contributed by atoms with Crippen molar-refractivity contribution >= 4 is 23.7 Å². The SMILES string of the molecule is COCc1cccc(Cn2cc(-c3cc(-c4cccc(NOOSC)c4)nc(N)n3)nn2)n1. The quantitative estimate of drug-likeness (QED) is 0.154. The first kappa shape index (κ1) is 22.6. The van der Waals surface area contributed by atoms with Crippen LogP contribution in [0.25, 0.3) is 22.6 Å². The average molecular weight is 467 g/mol. The molecule has 11 nitrogen and oxygen atoms in total. The third-order valence-corrected chi connectivity index (χ3v) is 4.65. The van der Waals surface area contributed by atoms with E-state index in [0.717, 1.165) is 29.0 Å². The number of nitrogens with one attached hydrogen (secondary N) is 1. The number of methoxy groups -OCH3 is 1. The van der Waals surface area contributed by atoms with Crippen molar-refractivity contribution in [2.24, 2.45) is 0 Å². The van der Waals surface area contributed by atoms with E-state index in [1.807, 2.05) is 42.5 Å². The molecule has 0 unspecified atom stereocenters. The number of hydrogen-bond acceptors (Lipinski definition) is 11. The van der Waals surface area contributed by atoms with E-state index in [1.54, 1.807) is 30.3 Å². The van der Waals surface area contributed by atoms with Crippen molar-refractivity contribution < 1.29 is 14.1 Å². The molecular formula is C21H22N8O3S. The van der Waals surface area contributed by atoms with Crippen molar-refractivity contribution in [2.45, 2.75) is 13.2 Å². The molecular weight excluding hydrogens is 444 g/mol. The predicted molar refractivity (Wildman–Crippen MR) is 124 cm³/mol. The standard InChI is InChI=1S/C21H22N8O3S/c1-30-13-17-8-4-7-16(23-17)11-29-12-20(26-28-29)19-10-18(24-21(22)25-19)14-5-3-6-15(9-14)27-31-32-33-2/h3-10,12,27H,11,13H2,1-2H3,(H2,22,24,25). The number of anilines is 2. The fourth-order valence-corrected chi connectivity index (χ4v) is 3.19. The Kier molecular flexibility index (Phi) is 7.42. The molecule has 3 heterocycles. The van der Waals surface area contributed by atoms with Gasteiger partial charge in [-0.2, -0.15) is 0 Å². The number of rotatable bonds is 10. The van der Waals surface area contributed by atoms with Crippen molar-refractivity contribution in [1.82, 2.24) is 29.9 Å². The van der Waals surface area contributed by atoms with E-state index >= 15 is 0 Å². The number of pyridine rings is 1. The molecule has 3 N–H and O–H groups in total. The van der Waals surface area contributed by atoms with Crippen LogP contribution in [0.3, 0.4) is 0 Å². The van der Waals surface area contributed by atoms with Gasteiger partial charge in [-0.05, 0) is 30.3 Å². The molecule has 0 atom stereocenters. The fourth-order valence-electron chi connectivity index (χ4n) is 3.09. The maximum absolute atomic E-state index is 5.98. The third-order valence-electron chi connectivity index (χ3n) is 4.45. The Labute approximate surface area is 194 Å². The lowest BCUT2D eigenvalue weighted by molar-refractivity contribution is -0.160. The minimum absolute atomic E-state index is 0.131. The molecule has 4 aromatic rings. The van der Waals surface area contributed by atoms with E-state index in [-0.39, 0.29) is 5.95 Å². The highest BCUT2D eigenvalue weighted by Gasteiger charge is 2.12. The molecule has 0 aliphatic rings. The molecule has 1 aromatic carbocycles. The highest BCUT2D eigenvalue weighted by Crippen LogP contribution is 2.25. The zero-order chi connectivity index (χ0) is 23.0. The normalized spacial score (nSPS) is 11.0. The van der Waals surface area contributed by atoms with Crippen LogP contribution in [0, 0.1) is 0 Å². The van der Waals surface area contributed by atoms with Crippen LogP contribution in [-0.4, -0.2) is 43.3 Å². The van der Waals surface area contributed by atoms with E-state index in [0.29, 0.717) is 35.9 Å². The van der Waals surface area contributed by atoms with E-state index < -0.39 is 0 Å². The third kappa shape index (κ3) is 6.02. The van der Waals surface area contributed by atoms with Gasteiger partial charge in [0, 0.05) is 31.0 Å². The molecule has 4 rings (SSSR count). The van der Waals surface area contributed by atoms with Gasteiger partial charge in [0.25, 0.3) is 0 Å². The van der Waals surface area contributed by atoms with E-state index in [1.165, 1.54) is 0 Å². The maximum Gasteiger partial charge on any atom is 0.221 e. The van der Waals surface area contributed by atoms with Crippen molar-refractivity contribution in [1.29, 1.82) is 0 Å². The monoisotopic (exact) mass is 466 g/mol. The molecule has 0 amide bonds. The summed E-state index contributed by atoms with van der Waals surface area (Å²) in [7, 11) is 1.64. The van der Waals surface area contributed by atoms with Crippen molar-refractivity contribution in [3.63, 3.8) is 0 Å². The average Bonchev–Trinajstić information content (AvgIpc) is 3.28. The van der Waals surface area contributed by atoms with Crippen LogP contribution in [0.4, 0.5) is 11.6 Å². The van der Waals surface area contributed by atoms with Gasteiger partial charge in [0.05, 0.1) is 47.8 Å². The lowest BCUT2D eigenvalue weighted by Gasteiger charge is -2.08. The largest absolute Gasteiger partial charge is 0.378 e. The molecule has 170 valence electrons. The minimum atomic E-state index is 0.131. The number of aromatic nitrogens is 6. The van der Waals surface area contributed by atoms with Gasteiger partial charge in [-0.3, -0.25) is 4.98 Å². The first-order valence-electron chi connectivity index (χ1n) is 9.86. The first-order valence-corrected chi connectivity index (χ1v) is 11.0. The van der Waals surface area contributed by atoms with Crippen LogP contribution in [0.2, 0.25) is 0 Å². The first-order chi connectivity index (χ1) is 16.1. The van der Waals surface area contributed by atoms with Crippen LogP contribution < -0.4 is 11.2 Å². The Morgan fingerprint density at radius 2 is 1.82 bits per heavy atom. The summed E-state index contributed by atoms with van der Waals surface area (Å²) in [5.74, 6) is 0.131. The molecule has 0 radical (unpaired) electrons. The lowest BCUT2D eigenvalue weighted by atomic mass is 10.1. The molecule has 0 saturated carbocycles. The van der Waals surface area contributed by atoms with E-state index in [9.17, 15) is 0 Å². The summed E-state index contributed by atoms with van der Waals surface area (Å²) >= 11 is 1.08. The zero-order valence-electron chi connectivity index (χ0n) is 18.0. The Bertz CT molecular complexity index is 1220. The maximum atomic E-state index is 5.98.